The summed E-state index contributed by atoms with van der Waals surface area (Å²) >= 11 is 1.56. The Labute approximate surface area is 118 Å². The highest BCUT2D eigenvalue weighted by molar-refractivity contribution is 7.15. The first-order valence-corrected chi connectivity index (χ1v) is 7.65. The summed E-state index contributed by atoms with van der Waals surface area (Å²) in [5, 5.41) is 6.80. The number of anilines is 1. The average Bonchev–Trinajstić information content (AvgIpc) is 2.96. The summed E-state index contributed by atoms with van der Waals surface area (Å²) in [6, 6.07) is 0.283. The number of nitrogens with zero attached hydrogens (tertiary/aromatic N) is 2. The molecule has 2 rings (SSSR count). The van der Waals surface area contributed by atoms with Crippen molar-refractivity contribution in [3.05, 3.63) is 10.6 Å². The second-order valence-corrected chi connectivity index (χ2v) is 6.06. The number of nitrogens with one attached hydrogen (secondary N) is 2. The minimum Gasteiger partial charge on any atom is -0.320 e. The third kappa shape index (κ3) is 3.25. The molecule has 1 atom stereocenters. The van der Waals surface area contributed by atoms with Crippen molar-refractivity contribution < 1.29 is 4.79 Å². The zero-order chi connectivity index (χ0) is 13.8. The molecule has 0 saturated carbocycles. The van der Waals surface area contributed by atoms with Gasteiger partial charge in [0.1, 0.15) is 0 Å². The van der Waals surface area contributed by atoms with Gasteiger partial charge < -0.3 is 10.2 Å². The van der Waals surface area contributed by atoms with E-state index in [1.807, 2.05) is 18.9 Å². The van der Waals surface area contributed by atoms with Crippen LogP contribution in [0.25, 0.3) is 0 Å². The largest absolute Gasteiger partial charge is 0.323 e. The van der Waals surface area contributed by atoms with E-state index in [9.17, 15) is 4.79 Å². The van der Waals surface area contributed by atoms with Crippen molar-refractivity contribution >= 4 is 22.5 Å². The van der Waals surface area contributed by atoms with Crippen LogP contribution >= 0.6 is 11.3 Å². The lowest BCUT2D eigenvalue weighted by Crippen LogP contribution is -2.43. The predicted molar refractivity (Wildman–Crippen MR) is 78.9 cm³/mol. The molecule has 1 aromatic rings. The molecular weight excluding hydrogens is 260 g/mol. The highest BCUT2D eigenvalue weighted by Crippen LogP contribution is 2.24. The number of amides is 2. The quantitative estimate of drug-likeness (QED) is 0.890. The molecule has 0 spiro atoms. The topological polar surface area (TPSA) is 57.3 Å². The zero-order valence-corrected chi connectivity index (χ0v) is 12.6. The van der Waals surface area contributed by atoms with Crippen molar-refractivity contribution in [1.29, 1.82) is 0 Å². The standard InChI is InChI=1S/C13H22N4OS/c1-4-11-9(2)19-12(15-11)16-13(18)17-7-5-6-10(17)8-14-3/h10,14H,4-8H2,1-3H3,(H,15,16,18). The third-order valence-electron chi connectivity index (χ3n) is 3.52. The van der Waals surface area contributed by atoms with Gasteiger partial charge in [0.2, 0.25) is 0 Å². The number of likely N-dealkylation sites (N-methyl/N-ethyl adjacent to an activating group) is 1. The molecule has 2 heterocycles. The molecule has 1 fully saturated rings. The summed E-state index contributed by atoms with van der Waals surface area (Å²) in [5.74, 6) is 0. The lowest BCUT2D eigenvalue weighted by molar-refractivity contribution is 0.206. The molecule has 1 saturated heterocycles. The van der Waals surface area contributed by atoms with Crippen LogP contribution in [0.5, 0.6) is 0 Å². The molecule has 106 valence electrons. The fraction of sp³-hybridized carbons (Fsp3) is 0.692. The van der Waals surface area contributed by atoms with Gasteiger partial charge in [-0.25, -0.2) is 9.78 Å². The Balaban J connectivity index is 1.99. The van der Waals surface area contributed by atoms with Crippen molar-refractivity contribution in [2.24, 2.45) is 0 Å². The maximum Gasteiger partial charge on any atom is 0.323 e. The number of aryl methyl sites for hydroxylation is 2. The summed E-state index contributed by atoms with van der Waals surface area (Å²) in [5.41, 5.74) is 1.08. The van der Waals surface area contributed by atoms with Crippen LogP contribution in [0.2, 0.25) is 0 Å². The van der Waals surface area contributed by atoms with Gasteiger partial charge in [-0.15, -0.1) is 11.3 Å². The van der Waals surface area contributed by atoms with Crippen LogP contribution in [0.4, 0.5) is 9.93 Å². The highest BCUT2D eigenvalue weighted by Gasteiger charge is 2.28. The molecule has 0 aromatic carbocycles. The Kier molecular flexibility index (Phi) is 4.76. The van der Waals surface area contributed by atoms with Crippen LogP contribution in [0.1, 0.15) is 30.3 Å². The van der Waals surface area contributed by atoms with Crippen LogP contribution in [0.3, 0.4) is 0 Å². The van der Waals surface area contributed by atoms with Gasteiger partial charge in [-0.1, -0.05) is 6.92 Å². The number of likely N-dealkylation sites (tertiary alicyclic amines) is 1. The van der Waals surface area contributed by atoms with E-state index < -0.39 is 0 Å². The maximum atomic E-state index is 12.3. The number of carbonyl (C=O) groups is 1. The molecule has 6 heteroatoms. The van der Waals surface area contributed by atoms with E-state index >= 15 is 0 Å². The molecule has 1 unspecified atom stereocenters. The van der Waals surface area contributed by atoms with Gasteiger partial charge >= 0.3 is 6.03 Å². The number of thiazole rings is 1. The molecule has 1 aliphatic rings. The second-order valence-electron chi connectivity index (χ2n) is 4.85. The Morgan fingerprint density at radius 1 is 1.58 bits per heavy atom. The van der Waals surface area contributed by atoms with Gasteiger partial charge in [-0.2, -0.15) is 0 Å². The average molecular weight is 282 g/mol. The summed E-state index contributed by atoms with van der Waals surface area (Å²) in [4.78, 5) is 19.8. The minimum atomic E-state index is -0.0193. The van der Waals surface area contributed by atoms with Crippen LogP contribution in [0, 0.1) is 6.92 Å². The van der Waals surface area contributed by atoms with E-state index in [4.69, 9.17) is 0 Å². The number of urea groups is 1. The van der Waals surface area contributed by atoms with Gasteiger partial charge in [0.15, 0.2) is 5.13 Å². The molecule has 0 aliphatic carbocycles. The fourth-order valence-electron chi connectivity index (χ4n) is 2.52. The molecule has 0 bridgehead atoms. The molecule has 1 aromatic heterocycles. The Morgan fingerprint density at radius 2 is 2.37 bits per heavy atom. The van der Waals surface area contributed by atoms with Crippen LogP contribution < -0.4 is 10.6 Å². The molecular formula is C13H22N4OS. The maximum absolute atomic E-state index is 12.3. The van der Waals surface area contributed by atoms with Gasteiger partial charge in [0.05, 0.1) is 5.69 Å². The van der Waals surface area contributed by atoms with Gasteiger partial charge in [-0.05, 0) is 33.2 Å². The van der Waals surface area contributed by atoms with E-state index in [1.54, 1.807) is 11.3 Å². The number of hydrogen-bond acceptors (Lipinski definition) is 4. The number of aromatic nitrogens is 1. The molecule has 19 heavy (non-hydrogen) atoms. The molecule has 2 amide bonds. The lowest BCUT2D eigenvalue weighted by atomic mass is 10.2. The zero-order valence-electron chi connectivity index (χ0n) is 11.8. The Bertz CT molecular complexity index is 446. The highest BCUT2D eigenvalue weighted by atomic mass is 32.1. The Hall–Kier alpha value is -1.14. The van der Waals surface area contributed by atoms with Crippen molar-refractivity contribution in [3.8, 4) is 0 Å². The van der Waals surface area contributed by atoms with Crippen LogP contribution in [-0.2, 0) is 6.42 Å². The first-order chi connectivity index (χ1) is 9.15. The van der Waals surface area contributed by atoms with E-state index in [2.05, 4.69) is 22.5 Å². The van der Waals surface area contributed by atoms with Gasteiger partial charge in [0, 0.05) is 24.0 Å². The van der Waals surface area contributed by atoms with Gasteiger partial charge in [-0.3, -0.25) is 5.32 Å². The number of carbonyl (C=O) groups excluding carboxylic acids is 1. The third-order valence-corrected chi connectivity index (χ3v) is 4.45. The second kappa shape index (κ2) is 6.34. The molecule has 2 N–H and O–H groups in total. The summed E-state index contributed by atoms with van der Waals surface area (Å²) < 4.78 is 0. The monoisotopic (exact) mass is 282 g/mol. The van der Waals surface area contributed by atoms with E-state index in [0.717, 1.165) is 43.2 Å². The molecule has 0 radical (unpaired) electrons. The number of hydrogen-bond donors (Lipinski definition) is 2. The van der Waals surface area contributed by atoms with E-state index in [1.165, 1.54) is 4.88 Å². The van der Waals surface area contributed by atoms with Crippen molar-refractivity contribution in [1.82, 2.24) is 15.2 Å². The number of rotatable bonds is 4. The van der Waals surface area contributed by atoms with Crippen molar-refractivity contribution in [2.75, 3.05) is 25.5 Å². The predicted octanol–water partition coefficient (Wildman–Crippen LogP) is 2.23. The smallest absolute Gasteiger partial charge is 0.320 e. The Morgan fingerprint density at radius 3 is 3.00 bits per heavy atom. The van der Waals surface area contributed by atoms with Crippen LogP contribution in [-0.4, -0.2) is 42.1 Å². The first kappa shape index (κ1) is 14.3. The summed E-state index contributed by atoms with van der Waals surface area (Å²) in [6.45, 7) is 5.82. The minimum absolute atomic E-state index is 0.0193. The molecule has 5 nitrogen and oxygen atoms in total. The van der Waals surface area contributed by atoms with Crippen molar-refractivity contribution in [2.45, 2.75) is 39.2 Å². The lowest BCUT2D eigenvalue weighted by Gasteiger charge is -2.24. The normalized spacial score (nSPS) is 18.9. The fourth-order valence-corrected chi connectivity index (χ4v) is 3.42. The first-order valence-electron chi connectivity index (χ1n) is 6.84. The van der Waals surface area contributed by atoms with Gasteiger partial charge in [0.25, 0.3) is 0 Å². The molecule has 1 aliphatic heterocycles. The summed E-state index contributed by atoms with van der Waals surface area (Å²) in [7, 11) is 1.92. The van der Waals surface area contributed by atoms with Crippen molar-refractivity contribution in [3.63, 3.8) is 0 Å². The van der Waals surface area contributed by atoms with E-state index in [0.29, 0.717) is 6.04 Å². The SMILES string of the molecule is CCc1nc(NC(=O)N2CCCC2CNC)sc1C. The van der Waals surface area contributed by atoms with Crippen LogP contribution in [0.15, 0.2) is 0 Å². The van der Waals surface area contributed by atoms with E-state index in [-0.39, 0.29) is 6.03 Å². The summed E-state index contributed by atoms with van der Waals surface area (Å²) in [6.07, 6.45) is 3.06.